The molecule has 24 heavy (non-hydrogen) atoms. The molecule has 0 spiro atoms. The third-order valence-electron chi connectivity index (χ3n) is 3.86. The molecule has 0 bridgehead atoms. The van der Waals surface area contributed by atoms with Gasteiger partial charge in [-0.2, -0.15) is 0 Å². The number of nitrogens with zero attached hydrogens (tertiary/aromatic N) is 1. The van der Waals surface area contributed by atoms with Crippen molar-refractivity contribution in [3.05, 3.63) is 65.3 Å². The van der Waals surface area contributed by atoms with Crippen LogP contribution in [0.5, 0.6) is 0 Å². The summed E-state index contributed by atoms with van der Waals surface area (Å²) in [7, 11) is 1.93. The maximum atomic E-state index is 12.0. The molecule has 0 fully saturated rings. The minimum atomic E-state index is -0.798. The van der Waals surface area contributed by atoms with Gasteiger partial charge in [0, 0.05) is 36.3 Å². The van der Waals surface area contributed by atoms with Crippen LogP contribution in [-0.4, -0.2) is 22.2 Å². The summed E-state index contributed by atoms with van der Waals surface area (Å²) in [4.78, 5) is 12.0. The number of benzene rings is 2. The Bertz CT molecular complexity index is 876. The number of anilines is 1. The molecule has 124 valence electrons. The number of fused-ring (bicyclic) bond motifs is 1. The van der Waals surface area contributed by atoms with Gasteiger partial charge in [-0.25, -0.2) is 4.79 Å². The van der Waals surface area contributed by atoms with Gasteiger partial charge in [0.05, 0.1) is 16.8 Å². The highest BCUT2D eigenvalue weighted by atomic mass is 35.5. The molecule has 3 N–H and O–H groups in total. The third kappa shape index (κ3) is 3.37. The monoisotopic (exact) mass is 343 g/mol. The van der Waals surface area contributed by atoms with E-state index < -0.39 is 12.1 Å². The van der Waals surface area contributed by atoms with Crippen molar-refractivity contribution in [3.8, 4) is 0 Å². The summed E-state index contributed by atoms with van der Waals surface area (Å²) in [5.41, 5.74) is 2.34. The third-order valence-corrected chi connectivity index (χ3v) is 4.19. The molecule has 3 aromatic rings. The number of aliphatic hydroxyl groups excluding tert-OH is 1. The van der Waals surface area contributed by atoms with E-state index in [4.69, 9.17) is 11.6 Å². The second kappa shape index (κ2) is 6.95. The van der Waals surface area contributed by atoms with Crippen molar-refractivity contribution in [3.63, 3.8) is 0 Å². The van der Waals surface area contributed by atoms with Crippen LogP contribution in [0, 0.1) is 0 Å². The van der Waals surface area contributed by atoms with Gasteiger partial charge < -0.3 is 20.3 Å². The van der Waals surface area contributed by atoms with Gasteiger partial charge in [0.25, 0.3) is 0 Å². The van der Waals surface area contributed by atoms with Crippen molar-refractivity contribution in [2.75, 3.05) is 11.9 Å². The lowest BCUT2D eigenvalue weighted by atomic mass is 10.1. The van der Waals surface area contributed by atoms with Gasteiger partial charge in [-0.05, 0) is 18.2 Å². The lowest BCUT2D eigenvalue weighted by Crippen LogP contribution is -2.32. The standard InChI is InChI=1S/C18H18ClN3O2/c1-22-11-13(12-6-2-5-9-16(12)22)17(23)10-20-18(24)21-15-8-4-3-7-14(15)19/h2-9,11,17,23H,10H2,1H3,(H2,20,21,24)/t17-/m0/s1. The van der Waals surface area contributed by atoms with E-state index in [-0.39, 0.29) is 6.54 Å². The molecule has 0 aliphatic carbocycles. The maximum absolute atomic E-state index is 12.0. The highest BCUT2D eigenvalue weighted by molar-refractivity contribution is 6.33. The Balaban J connectivity index is 1.65. The van der Waals surface area contributed by atoms with Crippen LogP contribution in [0.15, 0.2) is 54.7 Å². The van der Waals surface area contributed by atoms with Crippen LogP contribution in [0.1, 0.15) is 11.7 Å². The SMILES string of the molecule is Cn1cc([C@@H](O)CNC(=O)Nc2ccccc2Cl)c2ccccc21. The number of aliphatic hydroxyl groups is 1. The van der Waals surface area contributed by atoms with Crippen LogP contribution >= 0.6 is 11.6 Å². The number of aryl methyl sites for hydroxylation is 1. The van der Waals surface area contributed by atoms with Gasteiger partial charge in [0.15, 0.2) is 0 Å². The predicted octanol–water partition coefficient (Wildman–Crippen LogP) is 3.69. The smallest absolute Gasteiger partial charge is 0.319 e. The molecular weight excluding hydrogens is 326 g/mol. The number of carbonyl (C=O) groups is 1. The first-order valence-corrected chi connectivity index (χ1v) is 7.95. The van der Waals surface area contributed by atoms with E-state index in [1.807, 2.05) is 42.1 Å². The molecule has 0 radical (unpaired) electrons. The Morgan fingerprint density at radius 1 is 1.21 bits per heavy atom. The van der Waals surface area contributed by atoms with Gasteiger partial charge in [0.2, 0.25) is 0 Å². The van der Waals surface area contributed by atoms with Crippen molar-refractivity contribution in [2.24, 2.45) is 7.05 Å². The minimum Gasteiger partial charge on any atom is -0.386 e. The predicted molar refractivity (Wildman–Crippen MR) is 96.4 cm³/mol. The van der Waals surface area contributed by atoms with Crippen LogP contribution in [0.4, 0.5) is 10.5 Å². The number of amides is 2. The highest BCUT2D eigenvalue weighted by Gasteiger charge is 2.15. The van der Waals surface area contributed by atoms with Crippen LogP contribution in [0.25, 0.3) is 10.9 Å². The normalized spacial score (nSPS) is 12.1. The van der Waals surface area contributed by atoms with Crippen LogP contribution in [-0.2, 0) is 7.05 Å². The van der Waals surface area contributed by atoms with E-state index in [2.05, 4.69) is 10.6 Å². The average Bonchev–Trinajstić information content (AvgIpc) is 2.92. The summed E-state index contributed by atoms with van der Waals surface area (Å²) < 4.78 is 1.96. The number of nitrogens with one attached hydrogen (secondary N) is 2. The van der Waals surface area contributed by atoms with Crippen LogP contribution < -0.4 is 10.6 Å². The van der Waals surface area contributed by atoms with E-state index in [0.717, 1.165) is 16.5 Å². The number of halogens is 1. The maximum Gasteiger partial charge on any atom is 0.319 e. The first-order valence-electron chi connectivity index (χ1n) is 7.57. The van der Waals surface area contributed by atoms with Gasteiger partial charge in [0.1, 0.15) is 0 Å². The quantitative estimate of drug-likeness (QED) is 0.676. The molecule has 5 nitrogen and oxygen atoms in total. The number of carbonyl (C=O) groups excluding carboxylic acids is 1. The van der Waals surface area contributed by atoms with Gasteiger partial charge in [-0.15, -0.1) is 0 Å². The summed E-state index contributed by atoms with van der Waals surface area (Å²) in [6.07, 6.45) is 1.08. The first kappa shape index (κ1) is 16.4. The molecule has 3 rings (SSSR count). The molecule has 0 unspecified atom stereocenters. The number of rotatable bonds is 4. The second-order valence-corrected chi connectivity index (χ2v) is 5.95. The average molecular weight is 344 g/mol. The fourth-order valence-corrected chi connectivity index (χ4v) is 2.85. The zero-order valence-electron chi connectivity index (χ0n) is 13.2. The molecule has 0 aliphatic rings. The minimum absolute atomic E-state index is 0.101. The molecule has 0 saturated carbocycles. The molecule has 1 atom stereocenters. The van der Waals surface area contributed by atoms with Crippen molar-refractivity contribution in [1.82, 2.24) is 9.88 Å². The Morgan fingerprint density at radius 2 is 1.92 bits per heavy atom. The van der Waals surface area contributed by atoms with Crippen molar-refractivity contribution >= 4 is 34.2 Å². The number of aromatic nitrogens is 1. The summed E-state index contributed by atoms with van der Waals surface area (Å²) in [6.45, 7) is 0.101. The Morgan fingerprint density at radius 3 is 2.71 bits per heavy atom. The molecule has 2 aromatic carbocycles. The van der Waals surface area contributed by atoms with Gasteiger partial charge >= 0.3 is 6.03 Å². The first-order chi connectivity index (χ1) is 11.6. The highest BCUT2D eigenvalue weighted by Crippen LogP contribution is 2.25. The summed E-state index contributed by atoms with van der Waals surface area (Å²) in [5.74, 6) is 0. The molecule has 0 saturated heterocycles. The Kier molecular flexibility index (Phi) is 4.74. The van der Waals surface area contributed by atoms with E-state index in [1.165, 1.54) is 0 Å². The lowest BCUT2D eigenvalue weighted by molar-refractivity contribution is 0.176. The molecule has 0 aliphatic heterocycles. The number of hydrogen-bond donors (Lipinski definition) is 3. The summed E-state index contributed by atoms with van der Waals surface area (Å²) in [6, 6.07) is 14.4. The summed E-state index contributed by atoms with van der Waals surface area (Å²) >= 11 is 6.00. The number of para-hydroxylation sites is 2. The van der Waals surface area contributed by atoms with Crippen LogP contribution in [0.2, 0.25) is 5.02 Å². The second-order valence-electron chi connectivity index (χ2n) is 5.54. The Hall–Kier alpha value is -2.50. The topological polar surface area (TPSA) is 66.3 Å². The number of hydrogen-bond acceptors (Lipinski definition) is 2. The van der Waals surface area contributed by atoms with Gasteiger partial charge in [-0.1, -0.05) is 41.9 Å². The Labute approximate surface area is 144 Å². The molecule has 2 amide bonds. The van der Waals surface area contributed by atoms with Gasteiger partial charge in [-0.3, -0.25) is 0 Å². The molecule has 1 heterocycles. The summed E-state index contributed by atoms with van der Waals surface area (Å²) in [5, 5.41) is 17.2. The zero-order valence-corrected chi connectivity index (χ0v) is 13.9. The fraction of sp³-hybridized carbons (Fsp3) is 0.167. The van der Waals surface area contributed by atoms with E-state index >= 15 is 0 Å². The number of urea groups is 1. The van der Waals surface area contributed by atoms with Crippen molar-refractivity contribution in [1.29, 1.82) is 0 Å². The largest absolute Gasteiger partial charge is 0.386 e. The fourth-order valence-electron chi connectivity index (χ4n) is 2.67. The van der Waals surface area contributed by atoms with Crippen molar-refractivity contribution in [2.45, 2.75) is 6.10 Å². The van der Waals surface area contributed by atoms with Crippen LogP contribution in [0.3, 0.4) is 0 Å². The zero-order chi connectivity index (χ0) is 17.1. The van der Waals surface area contributed by atoms with E-state index in [9.17, 15) is 9.90 Å². The van der Waals surface area contributed by atoms with Crippen molar-refractivity contribution < 1.29 is 9.90 Å². The lowest BCUT2D eigenvalue weighted by Gasteiger charge is -2.13. The van der Waals surface area contributed by atoms with E-state index in [1.54, 1.807) is 24.3 Å². The van der Waals surface area contributed by atoms with E-state index in [0.29, 0.717) is 10.7 Å². The molecular formula is C18H18ClN3O2. The molecule has 1 aromatic heterocycles. The molecule has 6 heteroatoms.